The second-order valence-electron chi connectivity index (χ2n) is 7.60. The first-order valence-electron chi connectivity index (χ1n) is 9.86. The molecule has 2 aromatic carbocycles. The van der Waals surface area contributed by atoms with E-state index in [9.17, 15) is 13.2 Å². The number of carbonyl (C=O) groups excluding carboxylic acids is 1. The zero-order valence-corrected chi connectivity index (χ0v) is 17.9. The summed E-state index contributed by atoms with van der Waals surface area (Å²) in [4.78, 5) is 12.6. The number of sulfonamides is 1. The minimum atomic E-state index is -3.78. The maximum atomic E-state index is 13.0. The van der Waals surface area contributed by atoms with Crippen molar-refractivity contribution in [2.24, 2.45) is 5.92 Å². The largest absolute Gasteiger partial charge is 0.495 e. The SMILES string of the molecule is COc1ccccc1N(C)S(=O)(=O)c1ccc(C(=O)NC2CCC(C)CC2)cc1. The van der Waals surface area contributed by atoms with E-state index in [1.807, 2.05) is 0 Å². The fourth-order valence-electron chi connectivity index (χ4n) is 3.63. The normalized spacial score (nSPS) is 19.4. The lowest BCUT2D eigenvalue weighted by molar-refractivity contribution is 0.0923. The van der Waals surface area contributed by atoms with E-state index in [4.69, 9.17) is 4.74 Å². The van der Waals surface area contributed by atoms with Gasteiger partial charge in [0.25, 0.3) is 15.9 Å². The lowest BCUT2D eigenvalue weighted by Crippen LogP contribution is -2.37. The summed E-state index contributed by atoms with van der Waals surface area (Å²) in [6.07, 6.45) is 4.22. The summed E-state index contributed by atoms with van der Waals surface area (Å²) in [5, 5.41) is 3.06. The molecule has 1 aliphatic rings. The molecule has 0 unspecified atom stereocenters. The molecule has 1 amide bonds. The number of rotatable bonds is 6. The molecular formula is C22H28N2O4S. The number of para-hydroxylation sites is 2. The summed E-state index contributed by atoms with van der Waals surface area (Å²) in [5.41, 5.74) is 0.908. The highest BCUT2D eigenvalue weighted by atomic mass is 32.2. The van der Waals surface area contributed by atoms with Crippen LogP contribution in [0.5, 0.6) is 5.75 Å². The Balaban J connectivity index is 1.74. The van der Waals surface area contributed by atoms with Crippen LogP contribution in [0.3, 0.4) is 0 Å². The number of carbonyl (C=O) groups is 1. The van der Waals surface area contributed by atoms with Crippen LogP contribution in [0.2, 0.25) is 0 Å². The number of amides is 1. The fourth-order valence-corrected chi connectivity index (χ4v) is 4.83. The van der Waals surface area contributed by atoms with Crippen molar-refractivity contribution in [3.8, 4) is 5.75 Å². The van der Waals surface area contributed by atoms with Gasteiger partial charge in [-0.25, -0.2) is 8.42 Å². The van der Waals surface area contributed by atoms with Gasteiger partial charge in [0.2, 0.25) is 0 Å². The molecule has 1 saturated carbocycles. The van der Waals surface area contributed by atoms with Crippen LogP contribution in [0.4, 0.5) is 5.69 Å². The molecule has 1 aliphatic carbocycles. The van der Waals surface area contributed by atoms with Gasteiger partial charge in [-0.1, -0.05) is 19.1 Å². The Hall–Kier alpha value is -2.54. The number of nitrogens with one attached hydrogen (secondary N) is 1. The average molecular weight is 417 g/mol. The van der Waals surface area contributed by atoms with Crippen LogP contribution in [0.25, 0.3) is 0 Å². The Morgan fingerprint density at radius 1 is 1.03 bits per heavy atom. The molecule has 6 nitrogen and oxygen atoms in total. The Kier molecular flexibility index (Phi) is 6.47. The minimum Gasteiger partial charge on any atom is -0.495 e. The second kappa shape index (κ2) is 8.86. The van der Waals surface area contributed by atoms with Crippen molar-refractivity contribution in [2.45, 2.75) is 43.5 Å². The molecule has 3 rings (SSSR count). The Morgan fingerprint density at radius 3 is 2.28 bits per heavy atom. The van der Waals surface area contributed by atoms with Crippen molar-refractivity contribution in [1.82, 2.24) is 5.32 Å². The van der Waals surface area contributed by atoms with E-state index >= 15 is 0 Å². The van der Waals surface area contributed by atoms with E-state index < -0.39 is 10.0 Å². The summed E-state index contributed by atoms with van der Waals surface area (Å²) in [6, 6.07) is 13.2. The van der Waals surface area contributed by atoms with Gasteiger partial charge in [0, 0.05) is 18.7 Å². The zero-order valence-electron chi connectivity index (χ0n) is 17.1. The minimum absolute atomic E-state index is 0.119. The molecule has 0 aliphatic heterocycles. The van der Waals surface area contributed by atoms with Crippen molar-refractivity contribution in [3.63, 3.8) is 0 Å². The van der Waals surface area contributed by atoms with Gasteiger partial charge in [0.05, 0.1) is 17.7 Å². The molecule has 29 heavy (non-hydrogen) atoms. The van der Waals surface area contributed by atoms with E-state index in [0.29, 0.717) is 22.9 Å². The summed E-state index contributed by atoms with van der Waals surface area (Å²) >= 11 is 0. The topological polar surface area (TPSA) is 75.7 Å². The Labute approximate surface area is 172 Å². The third kappa shape index (κ3) is 4.72. The smallest absolute Gasteiger partial charge is 0.264 e. The van der Waals surface area contributed by atoms with Gasteiger partial charge in [-0.15, -0.1) is 0 Å². The molecule has 0 radical (unpaired) electrons. The van der Waals surface area contributed by atoms with Gasteiger partial charge >= 0.3 is 0 Å². The predicted octanol–water partition coefficient (Wildman–Crippen LogP) is 3.83. The predicted molar refractivity (Wildman–Crippen MR) is 114 cm³/mol. The number of methoxy groups -OCH3 is 1. The highest BCUT2D eigenvalue weighted by Crippen LogP contribution is 2.31. The first kappa shape index (κ1) is 21.2. The van der Waals surface area contributed by atoms with Crippen LogP contribution >= 0.6 is 0 Å². The zero-order chi connectivity index (χ0) is 21.0. The van der Waals surface area contributed by atoms with Crippen molar-refractivity contribution in [2.75, 3.05) is 18.5 Å². The molecular weight excluding hydrogens is 388 g/mol. The number of nitrogens with zero attached hydrogens (tertiary/aromatic N) is 1. The lowest BCUT2D eigenvalue weighted by Gasteiger charge is -2.27. The van der Waals surface area contributed by atoms with Gasteiger partial charge in [0.1, 0.15) is 5.75 Å². The van der Waals surface area contributed by atoms with Crippen LogP contribution in [0.15, 0.2) is 53.4 Å². The van der Waals surface area contributed by atoms with Crippen LogP contribution < -0.4 is 14.4 Å². The molecule has 156 valence electrons. The van der Waals surface area contributed by atoms with Crippen molar-refractivity contribution in [1.29, 1.82) is 0 Å². The highest BCUT2D eigenvalue weighted by molar-refractivity contribution is 7.92. The third-order valence-corrected chi connectivity index (χ3v) is 7.34. The van der Waals surface area contributed by atoms with Crippen molar-refractivity contribution in [3.05, 3.63) is 54.1 Å². The monoisotopic (exact) mass is 416 g/mol. The van der Waals surface area contributed by atoms with E-state index in [-0.39, 0.29) is 16.8 Å². The number of anilines is 1. The molecule has 0 saturated heterocycles. The maximum Gasteiger partial charge on any atom is 0.264 e. The highest BCUT2D eigenvalue weighted by Gasteiger charge is 2.24. The molecule has 0 spiro atoms. The molecule has 0 atom stereocenters. The van der Waals surface area contributed by atoms with Crippen molar-refractivity contribution >= 4 is 21.6 Å². The lowest BCUT2D eigenvalue weighted by atomic mass is 9.87. The molecule has 0 heterocycles. The number of hydrogen-bond acceptors (Lipinski definition) is 4. The second-order valence-corrected chi connectivity index (χ2v) is 9.57. The van der Waals surface area contributed by atoms with Crippen LogP contribution in [0.1, 0.15) is 43.0 Å². The molecule has 0 bridgehead atoms. The third-order valence-electron chi connectivity index (χ3n) is 5.55. The number of benzene rings is 2. The Bertz CT molecular complexity index is 949. The van der Waals surface area contributed by atoms with E-state index in [1.165, 1.54) is 30.6 Å². The quantitative estimate of drug-likeness (QED) is 0.777. The fraction of sp³-hybridized carbons (Fsp3) is 0.409. The maximum absolute atomic E-state index is 13.0. The molecule has 7 heteroatoms. The van der Waals surface area contributed by atoms with Crippen LogP contribution in [0, 0.1) is 5.92 Å². The number of ether oxygens (including phenoxy) is 1. The molecule has 1 N–H and O–H groups in total. The summed E-state index contributed by atoms with van der Waals surface area (Å²) in [6.45, 7) is 2.24. The van der Waals surface area contributed by atoms with Crippen LogP contribution in [-0.4, -0.2) is 34.5 Å². The summed E-state index contributed by atoms with van der Waals surface area (Å²) < 4.78 is 32.5. The average Bonchev–Trinajstić information content (AvgIpc) is 2.74. The molecule has 0 aromatic heterocycles. The first-order valence-corrected chi connectivity index (χ1v) is 11.3. The summed E-state index contributed by atoms with van der Waals surface area (Å²) in [7, 11) is -0.795. The standard InChI is InChI=1S/C22H28N2O4S/c1-16-8-12-18(13-9-16)23-22(25)17-10-14-19(15-11-17)29(26,27)24(2)20-6-4-5-7-21(20)28-3/h4-7,10-11,14-16,18H,8-9,12-13H2,1-3H3,(H,23,25). The van der Waals surface area contributed by atoms with E-state index in [2.05, 4.69) is 12.2 Å². The van der Waals surface area contributed by atoms with Gasteiger partial charge in [-0.05, 0) is 68.0 Å². The number of hydrogen-bond donors (Lipinski definition) is 1. The van der Waals surface area contributed by atoms with Crippen LogP contribution in [-0.2, 0) is 10.0 Å². The molecule has 2 aromatic rings. The van der Waals surface area contributed by atoms with Gasteiger partial charge in [-0.3, -0.25) is 9.10 Å². The van der Waals surface area contributed by atoms with E-state index in [0.717, 1.165) is 25.7 Å². The summed E-state index contributed by atoms with van der Waals surface area (Å²) in [5.74, 6) is 1.02. The van der Waals surface area contributed by atoms with Gasteiger partial charge < -0.3 is 10.1 Å². The van der Waals surface area contributed by atoms with Gasteiger partial charge in [-0.2, -0.15) is 0 Å². The van der Waals surface area contributed by atoms with Gasteiger partial charge in [0.15, 0.2) is 0 Å². The van der Waals surface area contributed by atoms with E-state index in [1.54, 1.807) is 36.4 Å². The van der Waals surface area contributed by atoms with Crippen molar-refractivity contribution < 1.29 is 17.9 Å². The molecule has 1 fully saturated rings. The Morgan fingerprint density at radius 2 is 1.66 bits per heavy atom. The first-order chi connectivity index (χ1) is 13.8.